The van der Waals surface area contributed by atoms with Crippen molar-refractivity contribution in [2.24, 2.45) is 0 Å². The van der Waals surface area contributed by atoms with Crippen LogP contribution in [0.5, 0.6) is 0 Å². The van der Waals surface area contributed by atoms with Crippen molar-refractivity contribution in [2.45, 2.75) is 38.6 Å². The number of aliphatic hydroxyl groups is 1. The lowest BCUT2D eigenvalue weighted by Crippen LogP contribution is -2.48. The van der Waals surface area contributed by atoms with Crippen LogP contribution in [-0.2, 0) is 4.74 Å². The van der Waals surface area contributed by atoms with Crippen molar-refractivity contribution in [1.82, 2.24) is 10.2 Å². The number of hydrogen-bond acceptors (Lipinski definition) is 5. The minimum absolute atomic E-state index is 0.141. The van der Waals surface area contributed by atoms with Gasteiger partial charge in [0.05, 0.1) is 29.2 Å². The van der Waals surface area contributed by atoms with Crippen molar-refractivity contribution >= 4 is 17.4 Å². The molecule has 3 unspecified atom stereocenters. The summed E-state index contributed by atoms with van der Waals surface area (Å²) in [5.74, 6) is 0. The molecule has 1 aliphatic heterocycles. The summed E-state index contributed by atoms with van der Waals surface area (Å²) in [5, 5.41) is 16.0. The first kappa shape index (κ1) is 20.5. The van der Waals surface area contributed by atoms with Crippen LogP contribution in [0.15, 0.2) is 24.3 Å². The van der Waals surface area contributed by atoms with E-state index < -0.39 is 5.60 Å². The van der Waals surface area contributed by atoms with E-state index >= 15 is 0 Å². The fourth-order valence-corrected chi connectivity index (χ4v) is 3.40. The Labute approximate surface area is 156 Å². The van der Waals surface area contributed by atoms with Crippen LogP contribution in [0.3, 0.4) is 0 Å². The summed E-state index contributed by atoms with van der Waals surface area (Å²) >= 11 is 0. The molecule has 1 aromatic carbocycles. The third-order valence-electron chi connectivity index (χ3n) is 4.20. The molecule has 1 saturated heterocycles. The summed E-state index contributed by atoms with van der Waals surface area (Å²) in [6, 6.07) is 7.42. The number of nitrogens with zero attached hydrogens (tertiary/aromatic N) is 2. The number of carbonyl (C=O) groups is 1. The van der Waals surface area contributed by atoms with E-state index in [1.165, 1.54) is 0 Å². The van der Waals surface area contributed by atoms with Gasteiger partial charge in [-0.1, -0.05) is 12.1 Å². The summed E-state index contributed by atoms with van der Waals surface area (Å²) in [6.07, 6.45) is 0.281. The molecule has 0 aromatic heterocycles. The predicted octanol–water partition coefficient (Wildman–Crippen LogP) is 1.73. The molecule has 3 atom stereocenters. The number of para-hydroxylation sites is 2. The van der Waals surface area contributed by atoms with Crippen LogP contribution in [0, 0.1) is 0 Å². The molecule has 0 aliphatic carbocycles. The van der Waals surface area contributed by atoms with Gasteiger partial charge in [0, 0.05) is 26.2 Å². The number of amides is 2. The first-order chi connectivity index (χ1) is 12.2. The molecule has 2 rings (SSSR count). The topological polar surface area (TPSA) is 77.1 Å². The summed E-state index contributed by atoms with van der Waals surface area (Å²) in [4.78, 5) is 16.4. The summed E-state index contributed by atoms with van der Waals surface area (Å²) in [7, 11) is 3.77. The quantitative estimate of drug-likeness (QED) is 0.717. The standard InChI is InChI=1S/C19H32N4O3/c1-14-10-23(11-15(2)26-14)17-9-7-6-8-16(17)21-18(24)20-12-19(3,25)13-22(4)5/h6-9,14-15,25H,10-13H2,1-5H3,(H2,20,21,24). The maximum absolute atomic E-state index is 12.3. The normalized spacial score (nSPS) is 22.8. The highest BCUT2D eigenvalue weighted by atomic mass is 16.5. The molecule has 26 heavy (non-hydrogen) atoms. The van der Waals surface area contributed by atoms with E-state index in [-0.39, 0.29) is 24.8 Å². The monoisotopic (exact) mass is 364 g/mol. The zero-order valence-corrected chi connectivity index (χ0v) is 16.5. The number of anilines is 2. The Balaban J connectivity index is 2.00. The molecule has 2 amide bonds. The van der Waals surface area contributed by atoms with Crippen LogP contribution in [0.1, 0.15) is 20.8 Å². The number of carbonyl (C=O) groups excluding carboxylic acids is 1. The summed E-state index contributed by atoms with van der Waals surface area (Å²) in [5.41, 5.74) is 0.735. The molecule has 0 spiro atoms. The second-order valence-corrected chi connectivity index (χ2v) is 7.72. The predicted molar refractivity (Wildman–Crippen MR) is 105 cm³/mol. The van der Waals surface area contributed by atoms with Gasteiger partial charge < -0.3 is 30.3 Å². The molecule has 3 N–H and O–H groups in total. The van der Waals surface area contributed by atoms with Gasteiger partial charge in [0.15, 0.2) is 0 Å². The highest BCUT2D eigenvalue weighted by Crippen LogP contribution is 2.28. The van der Waals surface area contributed by atoms with Gasteiger partial charge in [-0.25, -0.2) is 4.79 Å². The molecular weight excluding hydrogens is 332 g/mol. The van der Waals surface area contributed by atoms with E-state index in [0.717, 1.165) is 24.5 Å². The zero-order valence-electron chi connectivity index (χ0n) is 16.5. The lowest BCUT2D eigenvalue weighted by atomic mass is 10.1. The molecule has 1 aromatic rings. The second-order valence-electron chi connectivity index (χ2n) is 7.72. The summed E-state index contributed by atoms with van der Waals surface area (Å²) in [6.45, 7) is 8.01. The molecule has 7 nitrogen and oxygen atoms in total. The third kappa shape index (κ3) is 6.16. The molecule has 1 fully saturated rings. The first-order valence-corrected chi connectivity index (χ1v) is 9.08. The van der Waals surface area contributed by atoms with Crippen molar-refractivity contribution in [2.75, 3.05) is 50.5 Å². The lowest BCUT2D eigenvalue weighted by molar-refractivity contribution is -0.00517. The molecule has 7 heteroatoms. The van der Waals surface area contributed by atoms with Crippen molar-refractivity contribution in [3.05, 3.63) is 24.3 Å². The molecule has 146 valence electrons. The number of urea groups is 1. The van der Waals surface area contributed by atoms with Crippen LogP contribution < -0.4 is 15.5 Å². The van der Waals surface area contributed by atoms with E-state index in [1.54, 1.807) is 6.92 Å². The average Bonchev–Trinajstić information content (AvgIpc) is 2.51. The Morgan fingerprint density at radius 3 is 2.54 bits per heavy atom. The highest BCUT2D eigenvalue weighted by molar-refractivity contribution is 5.93. The number of rotatable bonds is 6. The van der Waals surface area contributed by atoms with E-state index in [2.05, 4.69) is 29.4 Å². The van der Waals surface area contributed by atoms with Gasteiger partial charge in [-0.05, 0) is 47.0 Å². The first-order valence-electron chi connectivity index (χ1n) is 9.08. The number of ether oxygens (including phenoxy) is 1. The Hall–Kier alpha value is -1.83. The molecule has 0 saturated carbocycles. The maximum Gasteiger partial charge on any atom is 0.319 e. The van der Waals surface area contributed by atoms with Crippen molar-refractivity contribution in [3.8, 4) is 0 Å². The van der Waals surface area contributed by atoms with E-state index in [0.29, 0.717) is 6.54 Å². The largest absolute Gasteiger partial charge is 0.387 e. The van der Waals surface area contributed by atoms with Crippen molar-refractivity contribution in [3.63, 3.8) is 0 Å². The molecule has 0 bridgehead atoms. The fraction of sp³-hybridized carbons (Fsp3) is 0.632. The van der Waals surface area contributed by atoms with Crippen LogP contribution >= 0.6 is 0 Å². The highest BCUT2D eigenvalue weighted by Gasteiger charge is 2.25. The number of likely N-dealkylation sites (N-methyl/N-ethyl adjacent to an activating group) is 1. The number of nitrogens with one attached hydrogen (secondary N) is 2. The van der Waals surface area contributed by atoms with Gasteiger partial charge in [0.25, 0.3) is 0 Å². The van der Waals surface area contributed by atoms with Gasteiger partial charge in [-0.15, -0.1) is 0 Å². The second kappa shape index (κ2) is 8.70. The van der Waals surface area contributed by atoms with Crippen molar-refractivity contribution < 1.29 is 14.6 Å². The van der Waals surface area contributed by atoms with Gasteiger partial charge in [-0.2, -0.15) is 0 Å². The fourth-order valence-electron chi connectivity index (χ4n) is 3.40. The Bertz CT molecular complexity index is 596. The van der Waals surface area contributed by atoms with Crippen LogP contribution in [-0.4, -0.2) is 74.1 Å². The Morgan fingerprint density at radius 2 is 1.92 bits per heavy atom. The Morgan fingerprint density at radius 1 is 1.31 bits per heavy atom. The maximum atomic E-state index is 12.3. The average molecular weight is 364 g/mol. The Kier molecular flexibility index (Phi) is 6.86. The van der Waals surface area contributed by atoms with Crippen LogP contribution in [0.2, 0.25) is 0 Å². The van der Waals surface area contributed by atoms with E-state index in [1.807, 2.05) is 43.3 Å². The van der Waals surface area contributed by atoms with Gasteiger partial charge in [0.2, 0.25) is 0 Å². The van der Waals surface area contributed by atoms with Gasteiger partial charge in [0.1, 0.15) is 0 Å². The number of morpholine rings is 1. The SMILES string of the molecule is CC1CN(c2ccccc2NC(=O)NCC(C)(O)CN(C)C)CC(C)O1. The number of hydrogen-bond donors (Lipinski definition) is 3. The smallest absolute Gasteiger partial charge is 0.319 e. The van der Waals surface area contributed by atoms with Gasteiger partial charge in [-0.3, -0.25) is 0 Å². The third-order valence-corrected chi connectivity index (χ3v) is 4.20. The minimum atomic E-state index is -0.991. The lowest BCUT2D eigenvalue weighted by Gasteiger charge is -2.37. The van der Waals surface area contributed by atoms with Gasteiger partial charge >= 0.3 is 6.03 Å². The molecule has 0 radical (unpaired) electrons. The van der Waals surface area contributed by atoms with Crippen LogP contribution in [0.25, 0.3) is 0 Å². The van der Waals surface area contributed by atoms with Crippen molar-refractivity contribution in [1.29, 1.82) is 0 Å². The van der Waals surface area contributed by atoms with E-state index in [9.17, 15) is 9.90 Å². The molecule has 1 aliphatic rings. The van der Waals surface area contributed by atoms with Crippen LogP contribution in [0.4, 0.5) is 16.2 Å². The molecule has 1 heterocycles. The van der Waals surface area contributed by atoms with E-state index in [4.69, 9.17) is 4.74 Å². The zero-order chi connectivity index (χ0) is 19.3. The molecular formula is C19H32N4O3. The summed E-state index contributed by atoms with van der Waals surface area (Å²) < 4.78 is 5.79. The number of benzene rings is 1. The minimum Gasteiger partial charge on any atom is -0.387 e.